The Morgan fingerprint density at radius 3 is 2.18 bits per heavy atom. The van der Waals surface area contributed by atoms with Crippen LogP contribution in [0.2, 0.25) is 5.02 Å². The number of hydrogen-bond acceptors (Lipinski definition) is 3. The predicted octanol–water partition coefficient (Wildman–Crippen LogP) is 4.32. The van der Waals surface area contributed by atoms with Gasteiger partial charge in [-0.15, -0.1) is 0 Å². The monoisotopic (exact) mass is 421 g/mol. The van der Waals surface area contributed by atoms with Gasteiger partial charge >= 0.3 is 0 Å². The maximum Gasteiger partial charge on any atom is 0.223 e. The van der Waals surface area contributed by atoms with Crippen LogP contribution in [-0.4, -0.2) is 37.6 Å². The average molecular weight is 422 g/mol. The molecule has 0 aromatic heterocycles. The van der Waals surface area contributed by atoms with Crippen molar-refractivity contribution in [2.24, 2.45) is 23.2 Å². The van der Waals surface area contributed by atoms with Crippen LogP contribution in [0.4, 0.5) is 0 Å². The van der Waals surface area contributed by atoms with Crippen molar-refractivity contribution in [3.05, 3.63) is 29.3 Å². The minimum absolute atomic E-state index is 0.177. The Balaban J connectivity index is 1.26. The van der Waals surface area contributed by atoms with Crippen LogP contribution < -0.4 is 0 Å². The standard InChI is InChI=1S/C22H28ClNO3S/c23-18-1-3-19(4-2-18)28(26,27)20-5-6-24(14-20)21(25)13-22-10-15-7-16(11-22)9-17(8-15)12-22/h1-4,15-17,20H,5-14H2. The fourth-order valence-electron chi connectivity index (χ4n) is 6.96. The highest BCUT2D eigenvalue weighted by Crippen LogP contribution is 2.61. The van der Waals surface area contributed by atoms with E-state index in [0.717, 1.165) is 17.8 Å². The number of amides is 1. The smallest absolute Gasteiger partial charge is 0.223 e. The molecule has 6 rings (SSSR count). The number of hydrogen-bond donors (Lipinski definition) is 0. The number of carbonyl (C=O) groups is 1. The molecule has 1 unspecified atom stereocenters. The Morgan fingerprint density at radius 2 is 1.61 bits per heavy atom. The summed E-state index contributed by atoms with van der Waals surface area (Å²) in [5.41, 5.74) is 0.207. The third-order valence-corrected chi connectivity index (χ3v) is 10.2. The van der Waals surface area contributed by atoms with Crippen LogP contribution in [0.1, 0.15) is 51.4 Å². The molecule has 1 heterocycles. The van der Waals surface area contributed by atoms with E-state index in [9.17, 15) is 13.2 Å². The van der Waals surface area contributed by atoms with Crippen LogP contribution in [0.3, 0.4) is 0 Å². The molecule has 28 heavy (non-hydrogen) atoms. The normalized spacial score (nSPS) is 36.8. The molecule has 152 valence electrons. The maximum atomic E-state index is 13.1. The van der Waals surface area contributed by atoms with Crippen molar-refractivity contribution >= 4 is 27.3 Å². The van der Waals surface area contributed by atoms with E-state index in [1.54, 1.807) is 24.3 Å². The van der Waals surface area contributed by atoms with E-state index in [1.807, 2.05) is 4.90 Å². The van der Waals surface area contributed by atoms with Crippen molar-refractivity contribution in [1.29, 1.82) is 0 Å². The molecule has 0 radical (unpaired) electrons. The first-order valence-corrected chi connectivity index (χ1v) is 12.5. The van der Waals surface area contributed by atoms with Gasteiger partial charge in [0.25, 0.3) is 0 Å². The van der Waals surface area contributed by atoms with E-state index in [-0.39, 0.29) is 11.3 Å². The highest BCUT2D eigenvalue weighted by atomic mass is 35.5. The number of likely N-dealkylation sites (tertiary alicyclic amines) is 1. The Kier molecular flexibility index (Phi) is 4.55. The molecule has 4 nitrogen and oxygen atoms in total. The summed E-state index contributed by atoms with van der Waals surface area (Å²) in [6.07, 6.45) is 8.92. The summed E-state index contributed by atoms with van der Waals surface area (Å²) < 4.78 is 25.9. The lowest BCUT2D eigenvalue weighted by atomic mass is 9.49. The van der Waals surface area contributed by atoms with Crippen LogP contribution >= 0.6 is 11.6 Å². The molecular formula is C22H28ClNO3S. The van der Waals surface area contributed by atoms with Crippen LogP contribution in [0, 0.1) is 23.2 Å². The molecule has 1 saturated heterocycles. The van der Waals surface area contributed by atoms with Crippen LogP contribution in [0.5, 0.6) is 0 Å². The molecule has 1 aromatic carbocycles. The molecule has 0 N–H and O–H groups in total. The fourth-order valence-corrected chi connectivity index (χ4v) is 8.78. The van der Waals surface area contributed by atoms with Crippen LogP contribution in [0.15, 0.2) is 29.2 Å². The van der Waals surface area contributed by atoms with Gasteiger partial charge in [-0.2, -0.15) is 0 Å². The number of rotatable bonds is 4. The number of benzene rings is 1. The lowest BCUT2D eigenvalue weighted by Crippen LogP contribution is -2.48. The largest absolute Gasteiger partial charge is 0.341 e. The number of nitrogens with zero attached hydrogens (tertiary/aromatic N) is 1. The van der Waals surface area contributed by atoms with Crippen molar-refractivity contribution in [2.75, 3.05) is 13.1 Å². The minimum Gasteiger partial charge on any atom is -0.341 e. The highest BCUT2D eigenvalue weighted by Gasteiger charge is 2.52. The molecule has 6 heteroatoms. The Labute approximate surface area is 172 Å². The highest BCUT2D eigenvalue weighted by molar-refractivity contribution is 7.92. The Hall–Kier alpha value is -1.07. The topological polar surface area (TPSA) is 54.5 Å². The summed E-state index contributed by atoms with van der Waals surface area (Å²) in [5, 5.41) is 0.0201. The van der Waals surface area contributed by atoms with Crippen LogP contribution in [-0.2, 0) is 14.6 Å². The summed E-state index contributed by atoms with van der Waals surface area (Å²) in [6, 6.07) is 6.36. The summed E-state index contributed by atoms with van der Waals surface area (Å²) in [4.78, 5) is 15.2. The van der Waals surface area contributed by atoms with Crippen molar-refractivity contribution in [2.45, 2.75) is 61.5 Å². The second-order valence-corrected chi connectivity index (χ2v) is 12.5. The van der Waals surface area contributed by atoms with Gasteiger partial charge in [0.05, 0.1) is 10.1 Å². The zero-order valence-electron chi connectivity index (χ0n) is 16.1. The lowest BCUT2D eigenvalue weighted by molar-refractivity contribution is -0.138. The van der Waals surface area contributed by atoms with Crippen molar-refractivity contribution in [3.63, 3.8) is 0 Å². The first-order chi connectivity index (χ1) is 13.3. The van der Waals surface area contributed by atoms with Gasteiger partial charge in [0.1, 0.15) is 0 Å². The summed E-state index contributed by atoms with van der Waals surface area (Å²) in [7, 11) is -3.43. The van der Waals surface area contributed by atoms with Gasteiger partial charge in [-0.1, -0.05) is 11.6 Å². The zero-order valence-corrected chi connectivity index (χ0v) is 17.7. The minimum atomic E-state index is -3.43. The second-order valence-electron chi connectivity index (χ2n) is 9.84. The fraction of sp³-hybridized carbons (Fsp3) is 0.682. The summed E-state index contributed by atoms with van der Waals surface area (Å²) >= 11 is 5.89. The molecule has 1 atom stereocenters. The quantitative estimate of drug-likeness (QED) is 0.727. The van der Waals surface area contributed by atoms with Crippen LogP contribution in [0.25, 0.3) is 0 Å². The molecule has 1 aromatic rings. The van der Waals surface area contributed by atoms with Gasteiger partial charge in [0, 0.05) is 24.5 Å². The number of halogens is 1. The Morgan fingerprint density at radius 1 is 1.04 bits per heavy atom. The molecule has 1 aliphatic heterocycles. The van der Waals surface area contributed by atoms with E-state index < -0.39 is 15.1 Å². The molecule has 5 fully saturated rings. The first-order valence-electron chi connectivity index (χ1n) is 10.6. The predicted molar refractivity (Wildman–Crippen MR) is 109 cm³/mol. The van der Waals surface area contributed by atoms with E-state index in [2.05, 4.69) is 0 Å². The third-order valence-electron chi connectivity index (χ3n) is 7.77. The zero-order chi connectivity index (χ0) is 19.5. The van der Waals surface area contributed by atoms with Gasteiger partial charge in [0.15, 0.2) is 9.84 Å². The van der Waals surface area contributed by atoms with Crippen molar-refractivity contribution < 1.29 is 13.2 Å². The molecular weight excluding hydrogens is 394 g/mol. The van der Waals surface area contributed by atoms with Gasteiger partial charge in [-0.05, 0) is 92.4 Å². The van der Waals surface area contributed by atoms with Crippen molar-refractivity contribution in [3.8, 4) is 0 Å². The third kappa shape index (κ3) is 3.28. The molecule has 4 saturated carbocycles. The lowest BCUT2D eigenvalue weighted by Gasteiger charge is -2.56. The van der Waals surface area contributed by atoms with Gasteiger partial charge < -0.3 is 4.90 Å². The maximum absolute atomic E-state index is 13.1. The van der Waals surface area contributed by atoms with Crippen molar-refractivity contribution in [1.82, 2.24) is 4.90 Å². The molecule has 5 aliphatic rings. The van der Waals surface area contributed by atoms with E-state index >= 15 is 0 Å². The van der Waals surface area contributed by atoms with Gasteiger partial charge in [0.2, 0.25) is 5.91 Å². The summed E-state index contributed by atoms with van der Waals surface area (Å²) in [6.45, 7) is 0.888. The number of carbonyl (C=O) groups excluding carboxylic acids is 1. The van der Waals surface area contributed by atoms with Gasteiger partial charge in [-0.3, -0.25) is 4.79 Å². The average Bonchev–Trinajstić information content (AvgIpc) is 3.11. The van der Waals surface area contributed by atoms with E-state index in [4.69, 9.17) is 11.6 Å². The molecule has 4 bridgehead atoms. The molecule has 4 aliphatic carbocycles. The SMILES string of the molecule is O=C(CC12CC3CC(CC(C3)C1)C2)N1CCC(S(=O)(=O)c2ccc(Cl)cc2)C1. The van der Waals surface area contributed by atoms with E-state index in [1.165, 1.54) is 38.5 Å². The van der Waals surface area contributed by atoms with E-state index in [0.29, 0.717) is 35.8 Å². The number of sulfone groups is 1. The van der Waals surface area contributed by atoms with Gasteiger partial charge in [-0.25, -0.2) is 8.42 Å². The molecule has 0 spiro atoms. The molecule has 1 amide bonds. The summed E-state index contributed by atoms with van der Waals surface area (Å²) in [5.74, 6) is 2.66. The Bertz CT molecular complexity index is 844. The first kappa shape index (κ1) is 18.9. The second kappa shape index (κ2) is 6.73.